The van der Waals surface area contributed by atoms with Crippen LogP contribution in [-0.4, -0.2) is 10.2 Å². The molecule has 0 saturated heterocycles. The molecule has 16 heavy (non-hydrogen) atoms. The highest BCUT2D eigenvalue weighted by Crippen LogP contribution is 2.25. The lowest BCUT2D eigenvalue weighted by atomic mass is 10.0. The first-order chi connectivity index (χ1) is 7.61. The van der Waals surface area contributed by atoms with Crippen LogP contribution in [-0.2, 0) is 6.54 Å². The van der Waals surface area contributed by atoms with E-state index in [1.807, 2.05) is 6.92 Å². The maximum Gasteiger partial charge on any atom is 0.248 e. The van der Waals surface area contributed by atoms with E-state index in [1.54, 1.807) is 0 Å². The Morgan fingerprint density at radius 3 is 2.38 bits per heavy atom. The Kier molecular flexibility index (Phi) is 2.75. The molecule has 2 rings (SSSR count). The summed E-state index contributed by atoms with van der Waals surface area (Å²) in [6.07, 6.45) is 0. The minimum Gasteiger partial charge on any atom is -0.419 e. The Morgan fingerprint density at radius 1 is 1.06 bits per heavy atom. The van der Waals surface area contributed by atoms with Crippen LogP contribution in [0.3, 0.4) is 0 Å². The number of nitrogens with two attached hydrogens (primary N) is 1. The van der Waals surface area contributed by atoms with Gasteiger partial charge in [-0.3, -0.25) is 0 Å². The van der Waals surface area contributed by atoms with Crippen molar-refractivity contribution in [3.63, 3.8) is 0 Å². The lowest BCUT2D eigenvalue weighted by molar-refractivity contribution is 0.508. The van der Waals surface area contributed by atoms with E-state index in [0.29, 0.717) is 11.8 Å². The summed E-state index contributed by atoms with van der Waals surface area (Å²) < 4.78 is 5.45. The fourth-order valence-electron chi connectivity index (χ4n) is 1.64. The number of aromatic nitrogens is 2. The molecule has 0 atom stereocenters. The highest BCUT2D eigenvalue weighted by atomic mass is 16.4. The van der Waals surface area contributed by atoms with E-state index < -0.39 is 0 Å². The predicted molar refractivity (Wildman–Crippen MR) is 61.8 cm³/mol. The van der Waals surface area contributed by atoms with Gasteiger partial charge in [0.2, 0.25) is 11.8 Å². The van der Waals surface area contributed by atoms with Gasteiger partial charge in [-0.15, -0.1) is 10.2 Å². The maximum atomic E-state index is 5.45. The van der Waals surface area contributed by atoms with Gasteiger partial charge in [0.15, 0.2) is 0 Å². The molecule has 0 spiro atoms. The van der Waals surface area contributed by atoms with Gasteiger partial charge in [0, 0.05) is 5.56 Å². The van der Waals surface area contributed by atoms with Gasteiger partial charge in [0.25, 0.3) is 0 Å². The molecule has 1 heterocycles. The largest absolute Gasteiger partial charge is 0.419 e. The minimum absolute atomic E-state index is 0.275. The second-order valence-electron chi connectivity index (χ2n) is 3.96. The smallest absolute Gasteiger partial charge is 0.248 e. The van der Waals surface area contributed by atoms with Crippen LogP contribution >= 0.6 is 0 Å². The van der Waals surface area contributed by atoms with Crippen LogP contribution < -0.4 is 5.73 Å². The van der Waals surface area contributed by atoms with Crippen molar-refractivity contribution in [2.45, 2.75) is 27.3 Å². The van der Waals surface area contributed by atoms with Crippen LogP contribution in [0.2, 0.25) is 0 Å². The molecule has 0 unspecified atom stereocenters. The molecule has 1 aromatic heterocycles. The molecule has 0 aliphatic rings. The average molecular weight is 217 g/mol. The molecule has 4 heteroatoms. The number of hydrogen-bond acceptors (Lipinski definition) is 4. The van der Waals surface area contributed by atoms with E-state index in [-0.39, 0.29) is 6.54 Å². The highest BCUT2D eigenvalue weighted by molar-refractivity contribution is 5.60. The highest BCUT2D eigenvalue weighted by Gasteiger charge is 2.11. The average Bonchev–Trinajstić information content (AvgIpc) is 2.71. The lowest BCUT2D eigenvalue weighted by Crippen LogP contribution is -1.95. The van der Waals surface area contributed by atoms with E-state index in [4.69, 9.17) is 10.2 Å². The predicted octanol–water partition coefficient (Wildman–Crippen LogP) is 2.12. The molecule has 0 aliphatic heterocycles. The first-order valence-electron chi connectivity index (χ1n) is 5.22. The van der Waals surface area contributed by atoms with Crippen molar-refractivity contribution in [1.82, 2.24) is 10.2 Å². The monoisotopic (exact) mass is 217 g/mol. The van der Waals surface area contributed by atoms with Crippen LogP contribution in [0.15, 0.2) is 16.5 Å². The Bertz CT molecular complexity index is 517. The molecule has 1 aromatic carbocycles. The van der Waals surface area contributed by atoms with Crippen LogP contribution in [0.25, 0.3) is 11.5 Å². The summed E-state index contributed by atoms with van der Waals surface area (Å²) in [6, 6.07) is 4.19. The van der Waals surface area contributed by atoms with Gasteiger partial charge in [-0.05, 0) is 43.5 Å². The SMILES string of the molecule is Cc1cc(C)c(-c2nnc(CN)o2)cc1C. The molecular weight excluding hydrogens is 202 g/mol. The first kappa shape index (κ1) is 10.8. The van der Waals surface area contributed by atoms with Crippen LogP contribution in [0.1, 0.15) is 22.6 Å². The second kappa shape index (κ2) is 4.06. The van der Waals surface area contributed by atoms with E-state index in [0.717, 1.165) is 11.1 Å². The summed E-state index contributed by atoms with van der Waals surface area (Å²) in [5.41, 5.74) is 10.0. The van der Waals surface area contributed by atoms with Gasteiger partial charge in [0.05, 0.1) is 6.54 Å². The molecule has 2 N–H and O–H groups in total. The van der Waals surface area contributed by atoms with Gasteiger partial charge >= 0.3 is 0 Å². The molecule has 84 valence electrons. The fourth-order valence-corrected chi connectivity index (χ4v) is 1.64. The molecule has 0 amide bonds. The van der Waals surface area contributed by atoms with Crippen molar-refractivity contribution >= 4 is 0 Å². The third-order valence-electron chi connectivity index (χ3n) is 2.71. The van der Waals surface area contributed by atoms with E-state index in [2.05, 4.69) is 36.2 Å². The second-order valence-corrected chi connectivity index (χ2v) is 3.96. The zero-order chi connectivity index (χ0) is 11.7. The van der Waals surface area contributed by atoms with E-state index in [1.165, 1.54) is 11.1 Å². The third kappa shape index (κ3) is 1.84. The summed E-state index contributed by atoms with van der Waals surface area (Å²) in [7, 11) is 0. The lowest BCUT2D eigenvalue weighted by Gasteiger charge is -2.05. The van der Waals surface area contributed by atoms with Crippen molar-refractivity contribution in [1.29, 1.82) is 0 Å². The van der Waals surface area contributed by atoms with Crippen LogP contribution in [0, 0.1) is 20.8 Å². The molecule has 0 bridgehead atoms. The van der Waals surface area contributed by atoms with E-state index in [9.17, 15) is 0 Å². The summed E-state index contributed by atoms with van der Waals surface area (Å²) in [5.74, 6) is 1.01. The summed E-state index contributed by atoms with van der Waals surface area (Å²) in [6.45, 7) is 6.47. The van der Waals surface area contributed by atoms with E-state index >= 15 is 0 Å². The van der Waals surface area contributed by atoms with Crippen molar-refractivity contribution in [2.24, 2.45) is 5.73 Å². The Hall–Kier alpha value is -1.68. The number of rotatable bonds is 2. The summed E-state index contributed by atoms with van der Waals surface area (Å²) in [4.78, 5) is 0. The third-order valence-corrected chi connectivity index (χ3v) is 2.71. The molecule has 0 radical (unpaired) electrons. The Balaban J connectivity index is 2.51. The topological polar surface area (TPSA) is 64.9 Å². The molecular formula is C12H15N3O. The number of benzene rings is 1. The number of nitrogens with zero attached hydrogens (tertiary/aromatic N) is 2. The summed E-state index contributed by atoms with van der Waals surface area (Å²) >= 11 is 0. The van der Waals surface area contributed by atoms with Gasteiger partial charge in [-0.1, -0.05) is 6.07 Å². The van der Waals surface area contributed by atoms with Crippen molar-refractivity contribution in [3.05, 3.63) is 34.7 Å². The molecule has 0 saturated carbocycles. The summed E-state index contributed by atoms with van der Waals surface area (Å²) in [5, 5.41) is 7.85. The van der Waals surface area contributed by atoms with Crippen LogP contribution in [0.4, 0.5) is 0 Å². The normalized spacial score (nSPS) is 10.8. The number of hydrogen-bond donors (Lipinski definition) is 1. The zero-order valence-corrected chi connectivity index (χ0v) is 9.74. The zero-order valence-electron chi connectivity index (χ0n) is 9.74. The molecule has 4 nitrogen and oxygen atoms in total. The standard InChI is InChI=1S/C12H15N3O/c1-7-4-9(3)10(5-8(7)2)12-15-14-11(6-13)16-12/h4-5H,6,13H2,1-3H3. The van der Waals surface area contributed by atoms with Crippen molar-refractivity contribution in [2.75, 3.05) is 0 Å². The van der Waals surface area contributed by atoms with Gasteiger partial charge < -0.3 is 10.2 Å². The van der Waals surface area contributed by atoms with Crippen LogP contribution in [0.5, 0.6) is 0 Å². The maximum absolute atomic E-state index is 5.45. The molecule has 0 fully saturated rings. The Morgan fingerprint density at radius 2 is 1.75 bits per heavy atom. The molecule has 0 aliphatic carbocycles. The van der Waals surface area contributed by atoms with Gasteiger partial charge in [-0.25, -0.2) is 0 Å². The van der Waals surface area contributed by atoms with Crippen molar-refractivity contribution < 1.29 is 4.42 Å². The minimum atomic E-state index is 0.275. The first-order valence-corrected chi connectivity index (χ1v) is 5.22. The fraction of sp³-hybridized carbons (Fsp3) is 0.333. The van der Waals surface area contributed by atoms with Gasteiger partial charge in [0.1, 0.15) is 0 Å². The number of aryl methyl sites for hydroxylation is 3. The van der Waals surface area contributed by atoms with Crippen molar-refractivity contribution in [3.8, 4) is 11.5 Å². The van der Waals surface area contributed by atoms with Gasteiger partial charge in [-0.2, -0.15) is 0 Å². The quantitative estimate of drug-likeness (QED) is 0.836. The molecule has 2 aromatic rings. The Labute approximate surface area is 94.5 Å².